The van der Waals surface area contributed by atoms with E-state index in [2.05, 4.69) is 59.8 Å². The summed E-state index contributed by atoms with van der Waals surface area (Å²) in [7, 11) is 4.13. The van der Waals surface area contributed by atoms with Gasteiger partial charge in [-0.2, -0.15) is 5.10 Å². The van der Waals surface area contributed by atoms with Crippen LogP contribution in [0.3, 0.4) is 0 Å². The molecule has 0 atom stereocenters. The summed E-state index contributed by atoms with van der Waals surface area (Å²) in [5.74, 6) is 0.891. The zero-order valence-corrected chi connectivity index (χ0v) is 14.0. The van der Waals surface area contributed by atoms with Crippen molar-refractivity contribution in [3.05, 3.63) is 59.4 Å². The van der Waals surface area contributed by atoms with Crippen molar-refractivity contribution in [3.8, 4) is 0 Å². The van der Waals surface area contributed by atoms with Gasteiger partial charge in [-0.15, -0.1) is 0 Å². The topological polar surface area (TPSA) is 45.5 Å². The molecule has 0 unspecified atom stereocenters. The van der Waals surface area contributed by atoms with Gasteiger partial charge in [-0.1, -0.05) is 30.3 Å². The average molecular weight is 319 g/mol. The minimum atomic E-state index is 0.869. The zero-order valence-electron chi connectivity index (χ0n) is 14.0. The molecule has 1 aliphatic carbocycles. The summed E-state index contributed by atoms with van der Waals surface area (Å²) in [5.41, 5.74) is 5.97. The van der Waals surface area contributed by atoms with Crippen molar-refractivity contribution < 1.29 is 0 Å². The molecule has 4 rings (SSSR count). The zero-order chi connectivity index (χ0) is 16.5. The monoisotopic (exact) mass is 319 g/mol. The minimum absolute atomic E-state index is 0.869. The molecule has 0 saturated carbocycles. The number of nitrogens with zero attached hydrogens (tertiary/aromatic N) is 4. The molecular weight excluding hydrogens is 298 g/mol. The van der Waals surface area contributed by atoms with Crippen LogP contribution in [0.4, 0.5) is 5.82 Å². The van der Waals surface area contributed by atoms with Crippen LogP contribution in [-0.4, -0.2) is 46.7 Å². The molecule has 0 spiro atoms. The molecule has 2 heterocycles. The average Bonchev–Trinajstić information content (AvgIpc) is 3.17. The number of aromatic nitrogens is 3. The number of likely N-dealkylation sites (N-methyl/N-ethyl adjacent to an activating group) is 1. The number of benzene rings is 1. The second kappa shape index (κ2) is 6.09. The second-order valence-corrected chi connectivity index (χ2v) is 6.41. The summed E-state index contributed by atoms with van der Waals surface area (Å²) < 4.78 is 1.84. The van der Waals surface area contributed by atoms with E-state index >= 15 is 0 Å². The van der Waals surface area contributed by atoms with Crippen LogP contribution >= 0.6 is 0 Å². The maximum atomic E-state index is 4.77. The van der Waals surface area contributed by atoms with Gasteiger partial charge in [-0.3, -0.25) is 0 Å². The fourth-order valence-corrected chi connectivity index (χ4v) is 3.05. The molecule has 2 aromatic heterocycles. The lowest BCUT2D eigenvalue weighted by molar-refractivity contribution is 0.425. The number of allylic oxidation sites excluding steroid dienone is 1. The molecule has 5 heteroatoms. The first-order chi connectivity index (χ1) is 11.7. The molecule has 5 nitrogen and oxygen atoms in total. The van der Waals surface area contributed by atoms with Gasteiger partial charge < -0.3 is 10.2 Å². The van der Waals surface area contributed by atoms with Crippen LogP contribution in [0.5, 0.6) is 0 Å². The normalized spacial score (nSPS) is 13.4. The summed E-state index contributed by atoms with van der Waals surface area (Å²) in [6.07, 6.45) is 7.08. The van der Waals surface area contributed by atoms with E-state index in [-0.39, 0.29) is 0 Å². The molecule has 122 valence electrons. The lowest BCUT2D eigenvalue weighted by atomic mass is 10.1. The van der Waals surface area contributed by atoms with Gasteiger partial charge >= 0.3 is 0 Å². The van der Waals surface area contributed by atoms with Crippen LogP contribution in [0.15, 0.2) is 42.7 Å². The molecule has 0 fully saturated rings. The maximum Gasteiger partial charge on any atom is 0.164 e. The predicted molar refractivity (Wildman–Crippen MR) is 98.0 cm³/mol. The third-order valence-electron chi connectivity index (χ3n) is 4.35. The van der Waals surface area contributed by atoms with Gasteiger partial charge in [-0.05, 0) is 43.3 Å². The van der Waals surface area contributed by atoms with Crippen molar-refractivity contribution in [2.45, 2.75) is 6.42 Å². The second-order valence-electron chi connectivity index (χ2n) is 6.41. The largest absolute Gasteiger partial charge is 0.369 e. The SMILES string of the molecule is CN(C)CCNc1ccn2ncc(C3=Cc4ccccc4C3)c2n1. The predicted octanol–water partition coefficient (Wildman–Crippen LogP) is 2.80. The van der Waals surface area contributed by atoms with Crippen molar-refractivity contribution in [1.29, 1.82) is 0 Å². The van der Waals surface area contributed by atoms with Gasteiger partial charge in [0.2, 0.25) is 0 Å². The lowest BCUT2D eigenvalue weighted by Gasteiger charge is -2.11. The number of hydrogen-bond donors (Lipinski definition) is 1. The van der Waals surface area contributed by atoms with Crippen molar-refractivity contribution >= 4 is 23.1 Å². The number of nitrogens with one attached hydrogen (secondary N) is 1. The molecule has 0 saturated heterocycles. The summed E-state index contributed by atoms with van der Waals surface area (Å²) in [5, 5.41) is 7.83. The van der Waals surface area contributed by atoms with E-state index in [0.29, 0.717) is 0 Å². The molecule has 1 aromatic carbocycles. The highest BCUT2D eigenvalue weighted by Crippen LogP contribution is 2.32. The van der Waals surface area contributed by atoms with E-state index in [1.54, 1.807) is 0 Å². The minimum Gasteiger partial charge on any atom is -0.369 e. The highest BCUT2D eigenvalue weighted by atomic mass is 15.2. The fraction of sp³-hybridized carbons (Fsp3) is 0.263. The molecule has 0 amide bonds. The van der Waals surface area contributed by atoms with Gasteiger partial charge in [0, 0.05) is 24.8 Å². The van der Waals surface area contributed by atoms with Crippen LogP contribution < -0.4 is 5.32 Å². The molecular formula is C19H21N5. The molecule has 0 bridgehead atoms. The Balaban J connectivity index is 1.63. The Morgan fingerprint density at radius 2 is 2.08 bits per heavy atom. The maximum absolute atomic E-state index is 4.77. The Labute approximate surface area is 141 Å². The highest BCUT2D eigenvalue weighted by molar-refractivity contribution is 5.92. The van der Waals surface area contributed by atoms with Gasteiger partial charge in [-0.25, -0.2) is 9.50 Å². The summed E-state index contributed by atoms with van der Waals surface area (Å²) >= 11 is 0. The van der Waals surface area contributed by atoms with E-state index in [0.717, 1.165) is 36.5 Å². The quantitative estimate of drug-likeness (QED) is 0.785. The first-order valence-corrected chi connectivity index (χ1v) is 8.22. The van der Waals surface area contributed by atoms with Gasteiger partial charge in [0.1, 0.15) is 5.82 Å². The van der Waals surface area contributed by atoms with Gasteiger partial charge in [0.15, 0.2) is 5.65 Å². The van der Waals surface area contributed by atoms with Crippen LogP contribution in [-0.2, 0) is 6.42 Å². The van der Waals surface area contributed by atoms with Crippen LogP contribution in [0, 0.1) is 0 Å². The molecule has 1 N–H and O–H groups in total. The number of anilines is 1. The lowest BCUT2D eigenvalue weighted by Crippen LogP contribution is -2.21. The van der Waals surface area contributed by atoms with Crippen molar-refractivity contribution in [2.75, 3.05) is 32.5 Å². The van der Waals surface area contributed by atoms with Gasteiger partial charge in [0.25, 0.3) is 0 Å². The summed E-state index contributed by atoms with van der Waals surface area (Å²) in [6.45, 7) is 1.84. The summed E-state index contributed by atoms with van der Waals surface area (Å²) in [6, 6.07) is 10.5. The van der Waals surface area contributed by atoms with Crippen molar-refractivity contribution in [1.82, 2.24) is 19.5 Å². The van der Waals surface area contributed by atoms with Crippen molar-refractivity contribution in [2.24, 2.45) is 0 Å². The summed E-state index contributed by atoms with van der Waals surface area (Å²) in [4.78, 5) is 6.92. The Hall–Kier alpha value is -2.66. The Bertz CT molecular complexity index is 907. The van der Waals surface area contributed by atoms with Gasteiger partial charge in [0.05, 0.1) is 6.20 Å². The number of rotatable bonds is 5. The number of hydrogen-bond acceptors (Lipinski definition) is 4. The molecule has 3 aromatic rings. The van der Waals surface area contributed by atoms with Crippen LogP contribution in [0.25, 0.3) is 17.3 Å². The standard InChI is InChI=1S/C19H21N5/c1-23(2)10-8-20-18-7-9-24-19(22-18)17(13-21-24)16-11-14-5-3-4-6-15(14)12-16/h3-7,9,11,13H,8,10,12H2,1-2H3,(H,20,22). The van der Waals surface area contributed by atoms with Crippen LogP contribution in [0.2, 0.25) is 0 Å². The van der Waals surface area contributed by atoms with E-state index < -0.39 is 0 Å². The smallest absolute Gasteiger partial charge is 0.164 e. The molecule has 1 aliphatic rings. The highest BCUT2D eigenvalue weighted by Gasteiger charge is 2.17. The van der Waals surface area contributed by atoms with E-state index in [9.17, 15) is 0 Å². The van der Waals surface area contributed by atoms with Crippen molar-refractivity contribution in [3.63, 3.8) is 0 Å². The Morgan fingerprint density at radius 3 is 2.92 bits per heavy atom. The number of fused-ring (bicyclic) bond motifs is 2. The molecule has 0 aliphatic heterocycles. The Morgan fingerprint density at radius 1 is 1.21 bits per heavy atom. The molecule has 24 heavy (non-hydrogen) atoms. The third-order valence-corrected chi connectivity index (χ3v) is 4.35. The fourth-order valence-electron chi connectivity index (χ4n) is 3.05. The first kappa shape index (κ1) is 14.9. The molecule has 0 radical (unpaired) electrons. The van der Waals surface area contributed by atoms with E-state index in [4.69, 9.17) is 4.98 Å². The Kier molecular flexibility index (Phi) is 3.78. The first-order valence-electron chi connectivity index (χ1n) is 8.22. The van der Waals surface area contributed by atoms with Crippen LogP contribution in [0.1, 0.15) is 16.7 Å². The van der Waals surface area contributed by atoms with E-state index in [1.807, 2.05) is 23.0 Å². The van der Waals surface area contributed by atoms with E-state index in [1.165, 1.54) is 16.7 Å². The third kappa shape index (κ3) is 2.78.